The van der Waals surface area contributed by atoms with Gasteiger partial charge in [0, 0.05) is 16.1 Å². The summed E-state index contributed by atoms with van der Waals surface area (Å²) in [5.74, 6) is -2.13. The Labute approximate surface area is 131 Å². The minimum Gasteiger partial charge on any atom is -0.507 e. The Morgan fingerprint density at radius 2 is 1.64 bits per heavy atom. The van der Waals surface area contributed by atoms with Gasteiger partial charge < -0.3 is 9.84 Å². The lowest BCUT2D eigenvalue weighted by atomic mass is 9.97. The highest BCUT2D eigenvalue weighted by Crippen LogP contribution is 2.39. The van der Waals surface area contributed by atoms with Crippen LogP contribution in [0, 0.1) is 0 Å². The Morgan fingerprint density at radius 3 is 2.32 bits per heavy atom. The minimum atomic E-state index is -1.01. The first-order chi connectivity index (χ1) is 10.6. The summed E-state index contributed by atoms with van der Waals surface area (Å²) in [5.41, 5.74) is 0.798. The van der Waals surface area contributed by atoms with Crippen molar-refractivity contribution in [3.63, 3.8) is 0 Å². The third-order valence-electron chi connectivity index (χ3n) is 3.41. The van der Waals surface area contributed by atoms with Crippen LogP contribution in [0.25, 0.3) is 5.76 Å². The van der Waals surface area contributed by atoms with E-state index in [9.17, 15) is 14.7 Å². The average molecular weight is 315 g/mol. The Morgan fingerprint density at radius 1 is 1.00 bits per heavy atom. The van der Waals surface area contributed by atoms with Crippen LogP contribution in [-0.2, 0) is 14.3 Å². The van der Waals surface area contributed by atoms with E-state index in [4.69, 9.17) is 16.3 Å². The summed E-state index contributed by atoms with van der Waals surface area (Å²) >= 11 is 6.11. The highest BCUT2D eigenvalue weighted by molar-refractivity contribution is 6.44. The second-order valence-corrected chi connectivity index (χ2v) is 5.17. The molecule has 0 spiro atoms. The van der Waals surface area contributed by atoms with Crippen LogP contribution in [0.1, 0.15) is 17.2 Å². The van der Waals surface area contributed by atoms with Crippen molar-refractivity contribution in [2.45, 2.75) is 6.10 Å². The molecule has 110 valence electrons. The normalized spacial score (nSPS) is 20.0. The topological polar surface area (TPSA) is 63.6 Å². The fourth-order valence-electron chi connectivity index (χ4n) is 2.34. The summed E-state index contributed by atoms with van der Waals surface area (Å²) < 4.78 is 5.10. The number of benzene rings is 2. The quantitative estimate of drug-likeness (QED) is 0.399. The van der Waals surface area contributed by atoms with Crippen molar-refractivity contribution >= 4 is 29.1 Å². The zero-order chi connectivity index (χ0) is 15.7. The molecule has 0 bridgehead atoms. The monoisotopic (exact) mass is 314 g/mol. The van der Waals surface area contributed by atoms with Crippen molar-refractivity contribution in [2.24, 2.45) is 0 Å². The third kappa shape index (κ3) is 2.38. The second-order valence-electron chi connectivity index (χ2n) is 4.76. The van der Waals surface area contributed by atoms with E-state index in [1.54, 1.807) is 54.6 Å². The number of aliphatic hydroxyl groups is 1. The number of ketones is 1. The van der Waals surface area contributed by atoms with Gasteiger partial charge in [0.1, 0.15) is 5.76 Å². The summed E-state index contributed by atoms with van der Waals surface area (Å²) in [5, 5.41) is 10.8. The molecule has 22 heavy (non-hydrogen) atoms. The first-order valence-corrected chi connectivity index (χ1v) is 6.95. The van der Waals surface area contributed by atoms with E-state index in [2.05, 4.69) is 0 Å². The van der Waals surface area contributed by atoms with Crippen LogP contribution in [0.4, 0.5) is 0 Å². The predicted octanol–water partition coefficient (Wildman–Crippen LogP) is 3.48. The summed E-state index contributed by atoms with van der Waals surface area (Å²) in [6.45, 7) is 0. The van der Waals surface area contributed by atoms with E-state index in [0.29, 0.717) is 16.1 Å². The molecule has 1 unspecified atom stereocenters. The maximum Gasteiger partial charge on any atom is 0.380 e. The molecule has 0 saturated carbocycles. The number of carbonyl (C=O) groups excluding carboxylic acids is 2. The Bertz CT molecular complexity index is 780. The number of hydrogen-bond acceptors (Lipinski definition) is 4. The maximum atomic E-state index is 12.1. The van der Waals surface area contributed by atoms with E-state index in [-0.39, 0.29) is 11.3 Å². The van der Waals surface area contributed by atoms with Gasteiger partial charge in [0.25, 0.3) is 5.78 Å². The van der Waals surface area contributed by atoms with Crippen molar-refractivity contribution in [3.05, 3.63) is 76.3 Å². The molecule has 1 N–H and O–H groups in total. The molecule has 1 saturated heterocycles. The Balaban J connectivity index is 2.16. The molecule has 1 fully saturated rings. The Kier molecular flexibility index (Phi) is 3.69. The SMILES string of the molecule is O=C1OC(c2ccccc2Cl)/C(=C(\O)c2ccccc2)C1=O. The van der Waals surface area contributed by atoms with Gasteiger partial charge >= 0.3 is 5.97 Å². The van der Waals surface area contributed by atoms with Crippen molar-refractivity contribution < 1.29 is 19.4 Å². The molecule has 3 rings (SSSR count). The zero-order valence-corrected chi connectivity index (χ0v) is 12.1. The molecule has 1 atom stereocenters. The van der Waals surface area contributed by atoms with Gasteiger partial charge in [-0.05, 0) is 6.07 Å². The fraction of sp³-hybridized carbons (Fsp3) is 0.0588. The van der Waals surface area contributed by atoms with E-state index >= 15 is 0 Å². The van der Waals surface area contributed by atoms with Crippen molar-refractivity contribution in [1.29, 1.82) is 0 Å². The van der Waals surface area contributed by atoms with Gasteiger partial charge in [-0.2, -0.15) is 0 Å². The molecular weight excluding hydrogens is 304 g/mol. The second kappa shape index (κ2) is 5.66. The lowest BCUT2D eigenvalue weighted by Crippen LogP contribution is -2.08. The lowest BCUT2D eigenvalue weighted by molar-refractivity contribution is -0.149. The van der Waals surface area contributed by atoms with Gasteiger partial charge in [-0.25, -0.2) is 4.79 Å². The van der Waals surface area contributed by atoms with Crippen LogP contribution in [0.5, 0.6) is 0 Å². The van der Waals surface area contributed by atoms with Gasteiger partial charge in [0.2, 0.25) is 0 Å². The average Bonchev–Trinajstić information content (AvgIpc) is 2.83. The van der Waals surface area contributed by atoms with Gasteiger partial charge in [-0.1, -0.05) is 60.1 Å². The van der Waals surface area contributed by atoms with Crippen molar-refractivity contribution in [2.75, 3.05) is 0 Å². The molecule has 5 heteroatoms. The number of aliphatic hydroxyl groups excluding tert-OH is 1. The molecule has 0 aromatic heterocycles. The summed E-state index contributed by atoms with van der Waals surface area (Å²) in [6.07, 6.45) is -1.01. The number of Topliss-reactive ketones (excluding diaryl/α,β-unsaturated/α-hetero) is 1. The number of esters is 1. The van der Waals surface area contributed by atoms with Crippen LogP contribution in [-0.4, -0.2) is 16.9 Å². The van der Waals surface area contributed by atoms with Crippen LogP contribution < -0.4 is 0 Å². The Hall–Kier alpha value is -2.59. The highest BCUT2D eigenvalue weighted by Gasteiger charge is 2.42. The molecular formula is C17H11ClO4. The first kappa shape index (κ1) is 14.4. The molecule has 0 aliphatic carbocycles. The van der Waals surface area contributed by atoms with Gasteiger partial charge in [-0.15, -0.1) is 0 Å². The number of hydrogen-bond donors (Lipinski definition) is 1. The van der Waals surface area contributed by atoms with Crippen LogP contribution >= 0.6 is 11.6 Å². The van der Waals surface area contributed by atoms with Crippen molar-refractivity contribution in [3.8, 4) is 0 Å². The number of rotatable bonds is 2. The zero-order valence-electron chi connectivity index (χ0n) is 11.3. The standard InChI is InChI=1S/C17H11ClO4/c18-12-9-5-4-8-11(12)16-13(15(20)17(21)22-16)14(19)10-6-2-1-3-7-10/h1-9,16,19H/b14-13-. The lowest BCUT2D eigenvalue weighted by Gasteiger charge is -2.13. The number of cyclic esters (lactones) is 1. The predicted molar refractivity (Wildman–Crippen MR) is 81.3 cm³/mol. The molecule has 4 nitrogen and oxygen atoms in total. The fourth-order valence-corrected chi connectivity index (χ4v) is 2.57. The third-order valence-corrected chi connectivity index (χ3v) is 3.75. The minimum absolute atomic E-state index is 0.0932. The molecule has 1 aliphatic heterocycles. The van der Waals surface area contributed by atoms with Crippen LogP contribution in [0.2, 0.25) is 5.02 Å². The maximum absolute atomic E-state index is 12.1. The first-order valence-electron chi connectivity index (χ1n) is 6.58. The summed E-state index contributed by atoms with van der Waals surface area (Å²) in [7, 11) is 0. The molecule has 0 amide bonds. The molecule has 0 radical (unpaired) electrons. The number of ether oxygens (including phenoxy) is 1. The van der Waals surface area contributed by atoms with Gasteiger partial charge in [0.15, 0.2) is 6.10 Å². The summed E-state index contributed by atoms with van der Waals surface area (Å²) in [6, 6.07) is 15.2. The molecule has 1 heterocycles. The highest BCUT2D eigenvalue weighted by atomic mass is 35.5. The number of halogens is 1. The van der Waals surface area contributed by atoms with E-state index in [1.165, 1.54) is 0 Å². The summed E-state index contributed by atoms with van der Waals surface area (Å²) in [4.78, 5) is 23.7. The number of carbonyl (C=O) groups is 2. The molecule has 1 aliphatic rings. The smallest absolute Gasteiger partial charge is 0.380 e. The molecule has 2 aromatic rings. The van der Waals surface area contributed by atoms with Gasteiger partial charge in [-0.3, -0.25) is 4.79 Å². The van der Waals surface area contributed by atoms with E-state index in [0.717, 1.165) is 0 Å². The van der Waals surface area contributed by atoms with Gasteiger partial charge in [0.05, 0.1) is 5.57 Å². The van der Waals surface area contributed by atoms with E-state index in [1.807, 2.05) is 0 Å². The van der Waals surface area contributed by atoms with Crippen LogP contribution in [0.3, 0.4) is 0 Å². The molecule has 2 aromatic carbocycles. The van der Waals surface area contributed by atoms with Crippen molar-refractivity contribution in [1.82, 2.24) is 0 Å². The van der Waals surface area contributed by atoms with Crippen LogP contribution in [0.15, 0.2) is 60.2 Å². The van der Waals surface area contributed by atoms with E-state index < -0.39 is 17.9 Å². The largest absolute Gasteiger partial charge is 0.507 e.